The van der Waals surface area contributed by atoms with Gasteiger partial charge in [-0.15, -0.1) is 6.42 Å². The van der Waals surface area contributed by atoms with Gasteiger partial charge < -0.3 is 4.90 Å². The number of hydrogen-bond donors (Lipinski definition) is 0. The number of halogens is 1. The highest BCUT2D eigenvalue weighted by Gasteiger charge is 2.38. The van der Waals surface area contributed by atoms with E-state index in [-0.39, 0.29) is 11.7 Å². The lowest BCUT2D eigenvalue weighted by Crippen LogP contribution is -2.44. The normalized spacial score (nSPS) is 18.2. The van der Waals surface area contributed by atoms with Crippen LogP contribution < -0.4 is 0 Å². The Bertz CT molecular complexity index is 1210. The number of hydrogen-bond acceptors (Lipinski definition) is 4. The number of carbonyl (C=O) groups excluding carboxylic acids is 1. The third-order valence-electron chi connectivity index (χ3n) is 6.85. The molecular formula is C28H27FN4O. The van der Waals surface area contributed by atoms with Crippen molar-refractivity contribution in [3.05, 3.63) is 77.2 Å². The van der Waals surface area contributed by atoms with Gasteiger partial charge in [0.05, 0.1) is 17.2 Å². The van der Waals surface area contributed by atoms with Crippen LogP contribution in [0.5, 0.6) is 0 Å². The van der Waals surface area contributed by atoms with E-state index in [1.807, 2.05) is 13.0 Å². The molecule has 2 heterocycles. The maximum absolute atomic E-state index is 13.8. The van der Waals surface area contributed by atoms with Crippen molar-refractivity contribution in [2.45, 2.75) is 44.9 Å². The van der Waals surface area contributed by atoms with Crippen molar-refractivity contribution in [1.82, 2.24) is 14.9 Å². The molecular weight excluding hydrogens is 427 g/mol. The molecule has 6 heteroatoms. The van der Waals surface area contributed by atoms with Gasteiger partial charge in [0.1, 0.15) is 12.1 Å². The molecule has 1 aliphatic heterocycles. The van der Waals surface area contributed by atoms with Crippen molar-refractivity contribution in [2.24, 2.45) is 5.41 Å². The summed E-state index contributed by atoms with van der Waals surface area (Å²) in [6.45, 7) is 2.78. The molecule has 1 aromatic carbocycles. The molecule has 1 saturated carbocycles. The molecule has 0 N–H and O–H groups in total. The fourth-order valence-electron chi connectivity index (χ4n) is 4.64. The van der Waals surface area contributed by atoms with E-state index < -0.39 is 5.41 Å². The highest BCUT2D eigenvalue weighted by molar-refractivity contribution is 6.03. The minimum Gasteiger partial charge on any atom is -0.339 e. The summed E-state index contributed by atoms with van der Waals surface area (Å²) in [5.41, 5.74) is 3.39. The Hall–Kier alpha value is -3.77. The molecule has 1 saturated heterocycles. The summed E-state index contributed by atoms with van der Waals surface area (Å²) in [5.74, 6) is 2.50. The summed E-state index contributed by atoms with van der Waals surface area (Å²) >= 11 is 0. The topological polar surface area (TPSA) is 69.9 Å². The van der Waals surface area contributed by atoms with Crippen molar-refractivity contribution < 1.29 is 9.18 Å². The quantitative estimate of drug-likeness (QED) is 0.356. The van der Waals surface area contributed by atoms with Crippen LogP contribution in [0.3, 0.4) is 0 Å². The summed E-state index contributed by atoms with van der Waals surface area (Å²) in [7, 11) is 0. The van der Waals surface area contributed by atoms with E-state index in [1.54, 1.807) is 29.3 Å². The number of benzene rings is 1. The van der Waals surface area contributed by atoms with Gasteiger partial charge >= 0.3 is 0 Å². The van der Waals surface area contributed by atoms with Crippen molar-refractivity contribution >= 4 is 11.5 Å². The molecule has 0 bridgehead atoms. The van der Waals surface area contributed by atoms with E-state index in [9.17, 15) is 14.4 Å². The lowest BCUT2D eigenvalue weighted by atomic mass is 9.74. The molecule has 0 spiro atoms. The van der Waals surface area contributed by atoms with Crippen LogP contribution in [0.25, 0.3) is 5.57 Å². The predicted octanol–water partition coefficient (Wildman–Crippen LogP) is 4.83. The molecule has 4 rings (SSSR count). The first-order valence-corrected chi connectivity index (χ1v) is 11.5. The Kier molecular flexibility index (Phi) is 6.89. The molecule has 1 aromatic heterocycles. The Balaban J connectivity index is 1.53. The summed E-state index contributed by atoms with van der Waals surface area (Å²) < 4.78 is 13.8. The third-order valence-corrected chi connectivity index (χ3v) is 6.85. The Morgan fingerprint density at radius 3 is 2.71 bits per heavy atom. The number of carbonyl (C=O) groups is 1. The largest absolute Gasteiger partial charge is 0.339 e. The van der Waals surface area contributed by atoms with Crippen molar-refractivity contribution in [3.8, 4) is 18.4 Å². The first-order chi connectivity index (χ1) is 16.5. The molecule has 2 aliphatic rings. The molecule has 5 nitrogen and oxygen atoms in total. The van der Waals surface area contributed by atoms with Gasteiger partial charge in [0.15, 0.2) is 0 Å². The molecule has 0 unspecified atom stereocenters. The second kappa shape index (κ2) is 10.0. The first-order valence-electron chi connectivity index (χ1n) is 11.5. The fourth-order valence-corrected chi connectivity index (χ4v) is 4.64. The fraction of sp³-hybridized carbons (Fsp3) is 0.357. The van der Waals surface area contributed by atoms with Crippen LogP contribution in [-0.4, -0.2) is 33.9 Å². The Morgan fingerprint density at radius 1 is 1.32 bits per heavy atom. The summed E-state index contributed by atoms with van der Waals surface area (Å²) in [5, 5.41) is 10.1. The zero-order valence-electron chi connectivity index (χ0n) is 19.3. The average Bonchev–Trinajstić information content (AvgIpc) is 3.71. The van der Waals surface area contributed by atoms with Crippen molar-refractivity contribution in [1.29, 1.82) is 5.26 Å². The van der Waals surface area contributed by atoms with Gasteiger partial charge in [-0.2, -0.15) is 5.26 Å². The lowest BCUT2D eigenvalue weighted by Gasteiger charge is -2.38. The van der Waals surface area contributed by atoms with Gasteiger partial charge in [0.2, 0.25) is 0 Å². The number of nitrogens with zero attached hydrogens (tertiary/aromatic N) is 4. The predicted molar refractivity (Wildman–Crippen MR) is 129 cm³/mol. The summed E-state index contributed by atoms with van der Waals surface area (Å²) in [4.78, 5) is 23.4. The highest BCUT2D eigenvalue weighted by Crippen LogP contribution is 2.44. The maximum atomic E-state index is 13.8. The molecule has 172 valence electrons. The standard InChI is InChI=1S/C28H27FN4O/c1-3-4-5-24(20(2)26-10-13-31-19-32-26)27(34)33-14-11-28(18-30,12-15-33)17-22-8-9-23(29)16-25(22)21-6-7-21/h1,4-5,8-10,13,16,19,21H,6-7,11-12,14-15,17H2,2H3/b5-4-,24-20-. The van der Waals surface area contributed by atoms with E-state index in [4.69, 9.17) is 6.42 Å². The number of aromatic nitrogens is 2. The van der Waals surface area contributed by atoms with Gasteiger partial charge in [0.25, 0.3) is 5.91 Å². The molecule has 2 aromatic rings. The van der Waals surface area contributed by atoms with Crippen LogP contribution in [-0.2, 0) is 11.2 Å². The second-order valence-electron chi connectivity index (χ2n) is 9.11. The number of terminal acetylenes is 1. The number of nitriles is 1. The van der Waals surface area contributed by atoms with Gasteiger partial charge in [-0.1, -0.05) is 12.0 Å². The van der Waals surface area contributed by atoms with Crippen LogP contribution in [0.4, 0.5) is 4.39 Å². The molecule has 0 radical (unpaired) electrons. The van der Waals surface area contributed by atoms with E-state index in [0.29, 0.717) is 49.5 Å². The second-order valence-corrected chi connectivity index (χ2v) is 9.11. The van der Waals surface area contributed by atoms with E-state index >= 15 is 0 Å². The summed E-state index contributed by atoms with van der Waals surface area (Å²) in [6, 6.07) is 9.23. The maximum Gasteiger partial charge on any atom is 0.254 e. The first kappa shape index (κ1) is 23.4. The minimum atomic E-state index is -0.571. The third kappa shape index (κ3) is 5.07. The molecule has 34 heavy (non-hydrogen) atoms. The van der Waals surface area contributed by atoms with Crippen LogP contribution in [0.1, 0.15) is 55.3 Å². The van der Waals surface area contributed by atoms with Crippen LogP contribution >= 0.6 is 0 Å². The number of rotatable bonds is 6. The average molecular weight is 455 g/mol. The summed E-state index contributed by atoms with van der Waals surface area (Å²) in [6.07, 6.45) is 15.5. The highest BCUT2D eigenvalue weighted by atomic mass is 19.1. The van der Waals surface area contributed by atoms with Crippen molar-refractivity contribution in [3.63, 3.8) is 0 Å². The van der Waals surface area contributed by atoms with Crippen molar-refractivity contribution in [2.75, 3.05) is 13.1 Å². The Morgan fingerprint density at radius 2 is 2.09 bits per heavy atom. The minimum absolute atomic E-state index is 0.130. The molecule has 0 atom stereocenters. The van der Waals surface area contributed by atoms with Gasteiger partial charge in [-0.3, -0.25) is 4.79 Å². The van der Waals surface area contributed by atoms with E-state index in [1.165, 1.54) is 18.5 Å². The van der Waals surface area contributed by atoms with Crippen LogP contribution in [0.2, 0.25) is 0 Å². The lowest BCUT2D eigenvalue weighted by molar-refractivity contribution is -0.128. The smallest absolute Gasteiger partial charge is 0.254 e. The van der Waals surface area contributed by atoms with E-state index in [0.717, 1.165) is 29.5 Å². The van der Waals surface area contributed by atoms with Crippen LogP contribution in [0, 0.1) is 34.9 Å². The number of likely N-dealkylation sites (tertiary alicyclic amines) is 1. The number of amides is 1. The number of piperidine rings is 1. The Labute approximate surface area is 200 Å². The number of allylic oxidation sites excluding steroid dienone is 2. The molecule has 1 amide bonds. The van der Waals surface area contributed by atoms with Gasteiger partial charge in [-0.25, -0.2) is 14.4 Å². The zero-order valence-corrected chi connectivity index (χ0v) is 19.3. The van der Waals surface area contributed by atoms with Gasteiger partial charge in [-0.05, 0) is 92.0 Å². The SMILES string of the molecule is C#C/C=C\C(C(=O)N1CCC(C#N)(Cc2ccc(F)cc2C2CC2)CC1)=C(/C)c1ccncn1. The van der Waals surface area contributed by atoms with Gasteiger partial charge in [0, 0.05) is 24.9 Å². The zero-order chi connectivity index (χ0) is 24.1. The van der Waals surface area contributed by atoms with E-state index in [2.05, 4.69) is 22.0 Å². The van der Waals surface area contributed by atoms with Crippen LogP contribution in [0.15, 0.2) is 54.5 Å². The molecule has 2 fully saturated rings. The monoisotopic (exact) mass is 454 g/mol. The molecule has 1 aliphatic carbocycles.